The van der Waals surface area contributed by atoms with E-state index in [4.69, 9.17) is 4.74 Å². The average Bonchev–Trinajstić information content (AvgIpc) is 3.26. The Bertz CT molecular complexity index is 614. The van der Waals surface area contributed by atoms with Crippen molar-refractivity contribution in [3.63, 3.8) is 0 Å². The first kappa shape index (κ1) is 20.2. The van der Waals surface area contributed by atoms with Crippen molar-refractivity contribution in [2.45, 2.75) is 71.6 Å². The lowest BCUT2D eigenvalue weighted by atomic mass is 10.0. The molecule has 0 fully saturated rings. The molecule has 2 heterocycles. The topological polar surface area (TPSA) is 26.3 Å². The summed E-state index contributed by atoms with van der Waals surface area (Å²) in [7, 11) is 0. The largest absolute Gasteiger partial charge is 0.462 e. The van der Waals surface area contributed by atoms with E-state index in [1.165, 1.54) is 66.7 Å². The van der Waals surface area contributed by atoms with Crippen molar-refractivity contribution in [3.8, 4) is 9.75 Å². The second-order valence-electron chi connectivity index (χ2n) is 6.39. The van der Waals surface area contributed by atoms with Gasteiger partial charge in [-0.2, -0.15) is 0 Å². The normalized spacial score (nSPS) is 11.0. The quantitative estimate of drug-likeness (QED) is 0.285. The second-order valence-corrected chi connectivity index (χ2v) is 8.39. The van der Waals surface area contributed by atoms with Gasteiger partial charge in [-0.25, -0.2) is 4.79 Å². The smallest absolute Gasteiger partial charge is 0.348 e. The van der Waals surface area contributed by atoms with Gasteiger partial charge in [0.15, 0.2) is 0 Å². The van der Waals surface area contributed by atoms with Crippen LogP contribution in [0.5, 0.6) is 0 Å². The highest BCUT2D eigenvalue weighted by molar-refractivity contribution is 7.22. The fraction of sp³-hybridized carbons (Fsp3) is 0.571. The molecule has 2 aromatic rings. The first-order valence-corrected chi connectivity index (χ1v) is 11.3. The molecule has 0 N–H and O–H groups in total. The summed E-state index contributed by atoms with van der Waals surface area (Å²) in [5.41, 5.74) is 1.31. The van der Waals surface area contributed by atoms with Crippen LogP contribution >= 0.6 is 22.7 Å². The third-order valence-corrected chi connectivity index (χ3v) is 6.54. The average molecular weight is 379 g/mol. The molecule has 0 saturated heterocycles. The van der Waals surface area contributed by atoms with Crippen LogP contribution in [0.2, 0.25) is 0 Å². The summed E-state index contributed by atoms with van der Waals surface area (Å²) in [4.78, 5) is 15.3. The molecule has 2 nitrogen and oxygen atoms in total. The molecule has 0 bridgehead atoms. The molecule has 0 saturated carbocycles. The number of esters is 1. The van der Waals surface area contributed by atoms with Crippen LogP contribution in [0.25, 0.3) is 9.75 Å². The van der Waals surface area contributed by atoms with E-state index >= 15 is 0 Å². The van der Waals surface area contributed by atoms with Crippen LogP contribution < -0.4 is 0 Å². The van der Waals surface area contributed by atoms with Crippen molar-refractivity contribution in [2.75, 3.05) is 6.61 Å². The van der Waals surface area contributed by atoms with Crippen LogP contribution in [-0.2, 0) is 11.2 Å². The predicted octanol–water partition coefficient (Wildman–Crippen LogP) is 7.34. The number of unbranched alkanes of at least 4 members (excludes halogenated alkanes) is 7. The Hall–Kier alpha value is -1.13. The van der Waals surface area contributed by atoms with Gasteiger partial charge < -0.3 is 4.74 Å². The number of rotatable bonds is 12. The Balaban J connectivity index is 1.89. The Morgan fingerprint density at radius 3 is 2.40 bits per heavy atom. The molecule has 2 aromatic heterocycles. The molecule has 0 unspecified atom stereocenters. The van der Waals surface area contributed by atoms with Crippen molar-refractivity contribution in [2.24, 2.45) is 0 Å². The number of thiophene rings is 2. The lowest BCUT2D eigenvalue weighted by Crippen LogP contribution is -2.01. The van der Waals surface area contributed by atoms with Gasteiger partial charge in [-0.3, -0.25) is 0 Å². The van der Waals surface area contributed by atoms with Gasteiger partial charge in [0, 0.05) is 9.75 Å². The van der Waals surface area contributed by atoms with Gasteiger partial charge in [-0.1, -0.05) is 57.9 Å². The van der Waals surface area contributed by atoms with E-state index in [2.05, 4.69) is 30.5 Å². The summed E-state index contributed by atoms with van der Waals surface area (Å²) in [6.07, 6.45) is 11.7. The zero-order chi connectivity index (χ0) is 17.9. The van der Waals surface area contributed by atoms with Crippen LogP contribution in [0.3, 0.4) is 0 Å². The maximum Gasteiger partial charge on any atom is 0.348 e. The van der Waals surface area contributed by atoms with Gasteiger partial charge >= 0.3 is 5.97 Å². The molecule has 0 atom stereocenters. The SMILES string of the molecule is CCCCCCCCCCc1cc(C(=O)OCC)sc1-c1cccs1. The van der Waals surface area contributed by atoms with E-state index in [-0.39, 0.29) is 5.97 Å². The predicted molar refractivity (Wildman–Crippen MR) is 110 cm³/mol. The number of ether oxygens (including phenoxy) is 1. The summed E-state index contributed by atoms with van der Waals surface area (Å²) in [5, 5.41) is 2.10. The van der Waals surface area contributed by atoms with E-state index in [1.54, 1.807) is 22.7 Å². The maximum absolute atomic E-state index is 12.1. The molecule has 0 aliphatic rings. The fourth-order valence-electron chi connectivity index (χ4n) is 2.98. The molecule has 0 spiro atoms. The Morgan fingerprint density at radius 1 is 1.04 bits per heavy atom. The molecule has 0 aliphatic heterocycles. The first-order chi connectivity index (χ1) is 12.3. The van der Waals surface area contributed by atoms with E-state index in [0.29, 0.717) is 6.61 Å². The van der Waals surface area contributed by atoms with E-state index in [9.17, 15) is 4.79 Å². The molecule has 4 heteroatoms. The third kappa shape index (κ3) is 6.59. The van der Waals surface area contributed by atoms with Crippen LogP contribution in [-0.4, -0.2) is 12.6 Å². The van der Waals surface area contributed by atoms with E-state index in [1.807, 2.05) is 6.92 Å². The Labute approximate surface area is 160 Å². The number of carbonyl (C=O) groups excluding carboxylic acids is 1. The highest BCUT2D eigenvalue weighted by atomic mass is 32.1. The summed E-state index contributed by atoms with van der Waals surface area (Å²) in [5.74, 6) is -0.188. The molecule has 0 radical (unpaired) electrons. The standard InChI is InChI=1S/C21H30O2S2/c1-3-5-6-7-8-9-10-11-13-17-16-19(21(22)23-4-2)25-20(17)18-14-12-15-24-18/h12,14-16H,3-11,13H2,1-2H3. The number of hydrogen-bond acceptors (Lipinski definition) is 4. The van der Waals surface area contributed by atoms with Crippen LogP contribution in [0.1, 0.15) is 80.4 Å². The lowest BCUT2D eigenvalue weighted by Gasteiger charge is -2.03. The molecule has 0 amide bonds. The molecule has 0 aliphatic carbocycles. The Kier molecular flexibility index (Phi) is 9.27. The minimum atomic E-state index is -0.188. The molecular weight excluding hydrogens is 348 g/mol. The minimum Gasteiger partial charge on any atom is -0.462 e. The zero-order valence-electron chi connectivity index (χ0n) is 15.5. The van der Waals surface area contributed by atoms with Crippen molar-refractivity contribution in [1.29, 1.82) is 0 Å². The Morgan fingerprint density at radius 2 is 1.76 bits per heavy atom. The summed E-state index contributed by atoms with van der Waals surface area (Å²) in [6, 6.07) is 6.27. The molecule has 0 aromatic carbocycles. The summed E-state index contributed by atoms with van der Waals surface area (Å²) in [6.45, 7) is 4.54. The lowest BCUT2D eigenvalue weighted by molar-refractivity contribution is 0.0532. The number of aryl methyl sites for hydroxylation is 1. The monoisotopic (exact) mass is 378 g/mol. The fourth-order valence-corrected chi connectivity index (χ4v) is 4.98. The van der Waals surface area contributed by atoms with E-state index < -0.39 is 0 Å². The van der Waals surface area contributed by atoms with Gasteiger partial charge in [-0.15, -0.1) is 22.7 Å². The van der Waals surface area contributed by atoms with Gasteiger partial charge in [0.2, 0.25) is 0 Å². The third-order valence-electron chi connectivity index (χ3n) is 4.33. The zero-order valence-corrected chi connectivity index (χ0v) is 17.1. The maximum atomic E-state index is 12.1. The second kappa shape index (κ2) is 11.5. The minimum absolute atomic E-state index is 0.188. The molecular formula is C21H30O2S2. The van der Waals surface area contributed by atoms with Crippen molar-refractivity contribution in [3.05, 3.63) is 34.0 Å². The first-order valence-electron chi connectivity index (χ1n) is 9.60. The highest BCUT2D eigenvalue weighted by Gasteiger charge is 2.17. The van der Waals surface area contributed by atoms with Gasteiger partial charge in [0.05, 0.1) is 6.61 Å². The van der Waals surface area contributed by atoms with Crippen molar-refractivity contribution >= 4 is 28.6 Å². The number of hydrogen-bond donors (Lipinski definition) is 0. The van der Waals surface area contributed by atoms with E-state index in [0.717, 1.165) is 11.3 Å². The molecule has 138 valence electrons. The van der Waals surface area contributed by atoms with Crippen molar-refractivity contribution < 1.29 is 9.53 Å². The van der Waals surface area contributed by atoms with Crippen LogP contribution in [0, 0.1) is 0 Å². The van der Waals surface area contributed by atoms with Crippen LogP contribution in [0.4, 0.5) is 0 Å². The van der Waals surface area contributed by atoms with Crippen LogP contribution in [0.15, 0.2) is 23.6 Å². The van der Waals surface area contributed by atoms with Crippen molar-refractivity contribution in [1.82, 2.24) is 0 Å². The highest BCUT2D eigenvalue weighted by Crippen LogP contribution is 2.37. The summed E-state index contributed by atoms with van der Waals surface area (Å²) < 4.78 is 5.18. The van der Waals surface area contributed by atoms with Gasteiger partial charge in [0.25, 0.3) is 0 Å². The van der Waals surface area contributed by atoms with Gasteiger partial charge in [-0.05, 0) is 42.8 Å². The summed E-state index contributed by atoms with van der Waals surface area (Å²) >= 11 is 3.32. The molecule has 25 heavy (non-hydrogen) atoms. The van der Waals surface area contributed by atoms with Gasteiger partial charge in [0.1, 0.15) is 4.88 Å². The molecule has 2 rings (SSSR count). The number of carbonyl (C=O) groups is 1.